The summed E-state index contributed by atoms with van der Waals surface area (Å²) < 4.78 is 1.80. The Bertz CT molecular complexity index is 728. The number of rotatable bonds is 2. The Balaban J connectivity index is 1.80. The summed E-state index contributed by atoms with van der Waals surface area (Å²) in [6.07, 6.45) is 6.70. The van der Waals surface area contributed by atoms with E-state index in [9.17, 15) is 0 Å². The van der Waals surface area contributed by atoms with Crippen LogP contribution in [-0.2, 0) is 0 Å². The molecule has 3 aromatic rings. The number of nitrogens with one attached hydrogen (secondary N) is 1. The molecule has 0 amide bonds. The van der Waals surface area contributed by atoms with Gasteiger partial charge in [-0.2, -0.15) is 5.10 Å². The third-order valence-electron chi connectivity index (χ3n) is 4.21. The van der Waals surface area contributed by atoms with E-state index in [1.807, 2.05) is 0 Å². The fraction of sp³-hybridized carbons (Fsp3) is 0.333. The first-order valence-corrected chi connectivity index (χ1v) is 6.96. The average Bonchev–Trinajstić information content (AvgIpc) is 3.17. The first-order valence-electron chi connectivity index (χ1n) is 6.96. The molecule has 3 heterocycles. The zero-order chi connectivity index (χ0) is 13.5. The summed E-state index contributed by atoms with van der Waals surface area (Å²) in [5.41, 5.74) is 3.67. The van der Waals surface area contributed by atoms with E-state index in [1.54, 1.807) is 17.3 Å². The van der Waals surface area contributed by atoms with Gasteiger partial charge in [0, 0.05) is 23.6 Å². The van der Waals surface area contributed by atoms with Crippen molar-refractivity contribution in [2.75, 3.05) is 20.1 Å². The molecular weight excluding hydrogens is 250 g/mol. The molecule has 1 unspecified atom stereocenters. The van der Waals surface area contributed by atoms with Gasteiger partial charge in [-0.3, -0.25) is 0 Å². The minimum atomic E-state index is 0.625. The van der Waals surface area contributed by atoms with Crippen molar-refractivity contribution >= 4 is 10.9 Å². The summed E-state index contributed by atoms with van der Waals surface area (Å²) in [6.45, 7) is 2.32. The summed E-state index contributed by atoms with van der Waals surface area (Å²) in [7, 11) is 2.19. The molecule has 0 saturated carbocycles. The fourth-order valence-corrected chi connectivity index (χ4v) is 3.14. The first kappa shape index (κ1) is 11.7. The van der Waals surface area contributed by atoms with E-state index in [1.165, 1.54) is 29.4 Å². The number of likely N-dealkylation sites (tertiary alicyclic amines) is 1. The molecule has 1 aliphatic rings. The van der Waals surface area contributed by atoms with Crippen LogP contribution in [0.5, 0.6) is 0 Å². The molecule has 0 bridgehead atoms. The lowest BCUT2D eigenvalue weighted by molar-refractivity contribution is 0.412. The van der Waals surface area contributed by atoms with Gasteiger partial charge in [0.2, 0.25) is 0 Å². The largest absolute Gasteiger partial charge is 0.361 e. The van der Waals surface area contributed by atoms with Crippen molar-refractivity contribution in [1.82, 2.24) is 24.6 Å². The molecule has 1 fully saturated rings. The summed E-state index contributed by atoms with van der Waals surface area (Å²) in [5.74, 6) is 0.625. The lowest BCUT2D eigenvalue weighted by Gasteiger charge is -2.10. The number of aromatic amines is 1. The number of aromatic nitrogens is 4. The minimum Gasteiger partial charge on any atom is -0.361 e. The van der Waals surface area contributed by atoms with Gasteiger partial charge in [-0.1, -0.05) is 0 Å². The number of fused-ring (bicyclic) bond motifs is 1. The van der Waals surface area contributed by atoms with Crippen LogP contribution in [0.15, 0.2) is 37.1 Å². The Morgan fingerprint density at radius 1 is 1.35 bits per heavy atom. The highest BCUT2D eigenvalue weighted by Crippen LogP contribution is 2.32. The van der Waals surface area contributed by atoms with Crippen LogP contribution in [0.4, 0.5) is 0 Å². The molecule has 1 atom stereocenters. The van der Waals surface area contributed by atoms with Gasteiger partial charge in [0.05, 0.1) is 5.69 Å². The van der Waals surface area contributed by atoms with Gasteiger partial charge >= 0.3 is 0 Å². The van der Waals surface area contributed by atoms with Gasteiger partial charge in [0.15, 0.2) is 0 Å². The summed E-state index contributed by atoms with van der Waals surface area (Å²) in [5, 5.41) is 5.51. The van der Waals surface area contributed by atoms with Crippen molar-refractivity contribution in [3.63, 3.8) is 0 Å². The SMILES string of the molecule is CN1CCC(c2c[nH]c3ccc(-n4cncn4)cc23)C1. The van der Waals surface area contributed by atoms with Gasteiger partial charge in [-0.25, -0.2) is 9.67 Å². The van der Waals surface area contributed by atoms with Gasteiger partial charge in [-0.05, 0) is 49.7 Å². The van der Waals surface area contributed by atoms with Crippen LogP contribution in [0.25, 0.3) is 16.6 Å². The standard InChI is InChI=1S/C15H17N5/c1-19-5-4-11(8-19)14-7-17-15-3-2-12(6-13(14)15)20-10-16-9-18-20/h2-3,6-7,9-11,17H,4-5,8H2,1H3. The normalized spacial score (nSPS) is 19.9. The number of nitrogens with zero attached hydrogens (tertiary/aromatic N) is 4. The van der Waals surface area contributed by atoms with Crippen molar-refractivity contribution in [1.29, 1.82) is 0 Å². The Morgan fingerprint density at radius 2 is 2.30 bits per heavy atom. The van der Waals surface area contributed by atoms with E-state index in [2.05, 4.69) is 51.4 Å². The zero-order valence-electron chi connectivity index (χ0n) is 11.5. The highest BCUT2D eigenvalue weighted by atomic mass is 15.3. The Hall–Kier alpha value is -2.14. The molecule has 2 aromatic heterocycles. The second-order valence-electron chi connectivity index (χ2n) is 5.56. The van der Waals surface area contributed by atoms with E-state index >= 15 is 0 Å². The topological polar surface area (TPSA) is 49.7 Å². The quantitative estimate of drug-likeness (QED) is 0.774. The number of benzene rings is 1. The molecule has 0 radical (unpaired) electrons. The molecule has 1 N–H and O–H groups in total. The molecule has 0 spiro atoms. The molecule has 0 aliphatic carbocycles. The van der Waals surface area contributed by atoms with Crippen molar-refractivity contribution in [2.24, 2.45) is 0 Å². The molecular formula is C15H17N5. The van der Waals surface area contributed by atoms with Crippen molar-refractivity contribution in [3.8, 4) is 5.69 Å². The third kappa shape index (κ3) is 1.82. The maximum absolute atomic E-state index is 4.20. The first-order chi connectivity index (χ1) is 9.81. The summed E-state index contributed by atoms with van der Waals surface area (Å²) in [6, 6.07) is 6.39. The van der Waals surface area contributed by atoms with Crippen molar-refractivity contribution in [2.45, 2.75) is 12.3 Å². The number of H-pyrrole nitrogens is 1. The maximum atomic E-state index is 4.20. The average molecular weight is 267 g/mol. The van der Waals surface area contributed by atoms with E-state index < -0.39 is 0 Å². The Labute approximate surface area is 117 Å². The second kappa shape index (κ2) is 4.45. The van der Waals surface area contributed by atoms with E-state index in [0.717, 1.165) is 12.2 Å². The molecule has 1 aromatic carbocycles. The summed E-state index contributed by atoms with van der Waals surface area (Å²) >= 11 is 0. The molecule has 4 rings (SSSR count). The summed E-state index contributed by atoms with van der Waals surface area (Å²) in [4.78, 5) is 9.80. The van der Waals surface area contributed by atoms with Crippen LogP contribution in [0.3, 0.4) is 0 Å². The van der Waals surface area contributed by atoms with Crippen LogP contribution >= 0.6 is 0 Å². The highest BCUT2D eigenvalue weighted by molar-refractivity contribution is 5.85. The second-order valence-corrected chi connectivity index (χ2v) is 5.56. The third-order valence-corrected chi connectivity index (χ3v) is 4.21. The van der Waals surface area contributed by atoms with Crippen LogP contribution < -0.4 is 0 Å². The maximum Gasteiger partial charge on any atom is 0.138 e. The van der Waals surface area contributed by atoms with Crippen LogP contribution in [-0.4, -0.2) is 44.8 Å². The highest BCUT2D eigenvalue weighted by Gasteiger charge is 2.23. The fourth-order valence-electron chi connectivity index (χ4n) is 3.14. The van der Waals surface area contributed by atoms with Gasteiger partial charge in [0.25, 0.3) is 0 Å². The number of hydrogen-bond acceptors (Lipinski definition) is 3. The van der Waals surface area contributed by atoms with Crippen molar-refractivity contribution < 1.29 is 0 Å². The van der Waals surface area contributed by atoms with Crippen LogP contribution in [0.2, 0.25) is 0 Å². The lowest BCUT2D eigenvalue weighted by Crippen LogP contribution is -2.13. The molecule has 5 heteroatoms. The van der Waals surface area contributed by atoms with Gasteiger partial charge in [0.1, 0.15) is 12.7 Å². The molecule has 20 heavy (non-hydrogen) atoms. The Kier molecular flexibility index (Phi) is 2.60. The van der Waals surface area contributed by atoms with E-state index in [-0.39, 0.29) is 0 Å². The molecule has 1 aliphatic heterocycles. The zero-order valence-corrected chi connectivity index (χ0v) is 11.5. The number of hydrogen-bond donors (Lipinski definition) is 1. The van der Waals surface area contributed by atoms with Gasteiger partial charge in [-0.15, -0.1) is 0 Å². The predicted octanol–water partition coefficient (Wildman–Crippen LogP) is 2.17. The predicted molar refractivity (Wildman–Crippen MR) is 78.1 cm³/mol. The molecule has 1 saturated heterocycles. The Morgan fingerprint density at radius 3 is 3.05 bits per heavy atom. The van der Waals surface area contributed by atoms with Gasteiger partial charge < -0.3 is 9.88 Å². The van der Waals surface area contributed by atoms with Crippen LogP contribution in [0, 0.1) is 0 Å². The minimum absolute atomic E-state index is 0.625. The number of likely N-dealkylation sites (N-methyl/N-ethyl adjacent to an activating group) is 1. The van der Waals surface area contributed by atoms with Crippen LogP contribution in [0.1, 0.15) is 17.9 Å². The molecule has 5 nitrogen and oxygen atoms in total. The molecule has 102 valence electrons. The van der Waals surface area contributed by atoms with E-state index in [4.69, 9.17) is 0 Å². The monoisotopic (exact) mass is 267 g/mol. The van der Waals surface area contributed by atoms with E-state index in [0.29, 0.717) is 5.92 Å². The van der Waals surface area contributed by atoms with Crippen molar-refractivity contribution in [3.05, 3.63) is 42.6 Å². The lowest BCUT2D eigenvalue weighted by atomic mass is 9.98. The smallest absolute Gasteiger partial charge is 0.138 e.